The monoisotopic (exact) mass is 280 g/mol. The van der Waals surface area contributed by atoms with Crippen molar-refractivity contribution in [1.29, 1.82) is 0 Å². The van der Waals surface area contributed by atoms with E-state index in [1.807, 2.05) is 0 Å². The molecule has 1 nitrogen and oxygen atoms in total. The Balaban J connectivity index is 2.04. The lowest BCUT2D eigenvalue weighted by Gasteiger charge is -2.07. The molecule has 1 unspecified atom stereocenters. The molecule has 0 spiro atoms. The van der Waals surface area contributed by atoms with E-state index >= 15 is 0 Å². The van der Waals surface area contributed by atoms with Crippen molar-refractivity contribution >= 4 is 43.4 Å². The lowest BCUT2D eigenvalue weighted by molar-refractivity contribution is 0.224. The number of thiophene rings is 3. The number of aliphatic hydroxyl groups is 1. The summed E-state index contributed by atoms with van der Waals surface area (Å²) in [5.41, 5.74) is 1.06. The van der Waals surface area contributed by atoms with Crippen LogP contribution in [0.1, 0.15) is 26.3 Å². The summed E-state index contributed by atoms with van der Waals surface area (Å²) in [5, 5.41) is 12.5. The number of hydrogen-bond donors (Lipinski definition) is 1. The molecule has 0 fully saturated rings. The zero-order valence-corrected chi connectivity index (χ0v) is 12.0. The van der Waals surface area contributed by atoms with Gasteiger partial charge in [-0.3, -0.25) is 0 Å². The Labute approximate surface area is 112 Å². The summed E-state index contributed by atoms with van der Waals surface area (Å²) in [4.78, 5) is 3.52. The van der Waals surface area contributed by atoms with Gasteiger partial charge in [-0.2, -0.15) is 0 Å². The highest BCUT2D eigenvalue weighted by Crippen LogP contribution is 2.38. The summed E-state index contributed by atoms with van der Waals surface area (Å²) < 4.78 is 2.54. The number of rotatable bonds is 2. The molecule has 3 aromatic rings. The van der Waals surface area contributed by atoms with Gasteiger partial charge in [-0.05, 0) is 43.0 Å². The highest BCUT2D eigenvalue weighted by atomic mass is 32.1. The van der Waals surface area contributed by atoms with Gasteiger partial charge in [-0.1, -0.05) is 0 Å². The molecule has 0 aliphatic rings. The molecule has 0 bridgehead atoms. The minimum Gasteiger partial charge on any atom is -0.383 e. The zero-order chi connectivity index (χ0) is 12.0. The van der Waals surface area contributed by atoms with Gasteiger partial charge in [0.25, 0.3) is 0 Å². The maximum Gasteiger partial charge on any atom is 0.114 e. The van der Waals surface area contributed by atoms with Crippen LogP contribution in [0, 0.1) is 13.8 Å². The Morgan fingerprint density at radius 1 is 1.12 bits per heavy atom. The highest BCUT2D eigenvalue weighted by Gasteiger charge is 2.17. The van der Waals surface area contributed by atoms with Crippen LogP contribution in [0.5, 0.6) is 0 Å². The molecule has 0 saturated heterocycles. The van der Waals surface area contributed by atoms with E-state index < -0.39 is 6.10 Å². The Morgan fingerprint density at radius 2 is 1.94 bits per heavy atom. The van der Waals surface area contributed by atoms with Crippen molar-refractivity contribution in [2.75, 3.05) is 0 Å². The third-order valence-electron chi connectivity index (χ3n) is 2.80. The number of fused-ring (bicyclic) bond motifs is 1. The molecule has 1 atom stereocenters. The molecule has 0 radical (unpaired) electrons. The number of hydrogen-bond acceptors (Lipinski definition) is 4. The second-order valence-electron chi connectivity index (χ2n) is 4.07. The van der Waals surface area contributed by atoms with Gasteiger partial charge in [-0.15, -0.1) is 34.0 Å². The molecule has 0 aliphatic carbocycles. The lowest BCUT2D eigenvalue weighted by atomic mass is 10.1. The second-order valence-corrected chi connectivity index (χ2v) is 7.59. The van der Waals surface area contributed by atoms with E-state index in [0.29, 0.717) is 0 Å². The lowest BCUT2D eigenvalue weighted by Crippen LogP contribution is -1.96. The van der Waals surface area contributed by atoms with Crippen molar-refractivity contribution in [3.05, 3.63) is 43.8 Å². The Bertz CT molecular complexity index is 631. The van der Waals surface area contributed by atoms with Gasteiger partial charge in [0.2, 0.25) is 0 Å². The minimum atomic E-state index is -0.468. The smallest absolute Gasteiger partial charge is 0.114 e. The van der Waals surface area contributed by atoms with Crippen LogP contribution in [-0.2, 0) is 0 Å². The average molecular weight is 280 g/mol. The van der Waals surface area contributed by atoms with Crippen molar-refractivity contribution in [2.45, 2.75) is 20.0 Å². The van der Waals surface area contributed by atoms with Gasteiger partial charge in [0.05, 0.1) is 0 Å². The van der Waals surface area contributed by atoms with Crippen molar-refractivity contribution < 1.29 is 5.11 Å². The largest absolute Gasteiger partial charge is 0.383 e. The molecule has 1 N–H and O–H groups in total. The fourth-order valence-corrected chi connectivity index (χ4v) is 5.08. The molecular formula is C13H12OS3. The second kappa shape index (κ2) is 4.21. The maximum absolute atomic E-state index is 10.4. The minimum absolute atomic E-state index is 0.468. The van der Waals surface area contributed by atoms with E-state index in [2.05, 4.69) is 37.4 Å². The Kier molecular flexibility index (Phi) is 2.83. The number of aliphatic hydroxyl groups excluding tert-OH is 1. The average Bonchev–Trinajstić information content (AvgIpc) is 2.90. The predicted molar refractivity (Wildman–Crippen MR) is 77.6 cm³/mol. The first kappa shape index (κ1) is 11.4. The molecule has 4 heteroatoms. The molecule has 0 saturated carbocycles. The predicted octanol–water partition coefficient (Wildman–Crippen LogP) is 4.72. The quantitative estimate of drug-likeness (QED) is 0.720. The summed E-state index contributed by atoms with van der Waals surface area (Å²) in [6.45, 7) is 4.16. The van der Waals surface area contributed by atoms with Crippen LogP contribution in [0.2, 0.25) is 0 Å². The molecule has 0 aliphatic heterocycles. The zero-order valence-electron chi connectivity index (χ0n) is 9.56. The van der Waals surface area contributed by atoms with Gasteiger partial charge in [0.1, 0.15) is 6.10 Å². The Hall–Kier alpha value is -0.680. The number of aryl methyl sites for hydroxylation is 2. The first-order chi connectivity index (χ1) is 8.15. The van der Waals surface area contributed by atoms with Gasteiger partial charge >= 0.3 is 0 Å². The van der Waals surface area contributed by atoms with Crippen LogP contribution in [0.4, 0.5) is 0 Å². The van der Waals surface area contributed by atoms with Gasteiger partial charge < -0.3 is 5.11 Å². The van der Waals surface area contributed by atoms with E-state index in [1.165, 1.54) is 19.2 Å². The summed E-state index contributed by atoms with van der Waals surface area (Å²) in [7, 11) is 0. The van der Waals surface area contributed by atoms with E-state index in [1.54, 1.807) is 34.0 Å². The standard InChI is InChI=1S/C13H12OS3/c1-7-5-9(8(2)16-7)13(14)12-6-11-10(17-12)3-4-15-11/h3-6,13-14H,1-2H3. The summed E-state index contributed by atoms with van der Waals surface area (Å²) in [6.07, 6.45) is -0.468. The Morgan fingerprint density at radius 3 is 2.59 bits per heavy atom. The molecule has 0 aromatic carbocycles. The van der Waals surface area contributed by atoms with Crippen LogP contribution < -0.4 is 0 Å². The van der Waals surface area contributed by atoms with Crippen LogP contribution in [0.3, 0.4) is 0 Å². The normalized spacial score (nSPS) is 13.4. The SMILES string of the molecule is Cc1cc(C(O)c2cc3sccc3s2)c(C)s1. The van der Waals surface area contributed by atoms with Gasteiger partial charge in [0, 0.05) is 24.0 Å². The molecule has 3 heterocycles. The van der Waals surface area contributed by atoms with E-state index in [0.717, 1.165) is 10.4 Å². The van der Waals surface area contributed by atoms with Gasteiger partial charge in [-0.25, -0.2) is 0 Å². The van der Waals surface area contributed by atoms with Crippen molar-refractivity contribution in [1.82, 2.24) is 0 Å². The topological polar surface area (TPSA) is 20.2 Å². The van der Waals surface area contributed by atoms with E-state index in [-0.39, 0.29) is 0 Å². The van der Waals surface area contributed by atoms with Crippen LogP contribution in [0.25, 0.3) is 9.40 Å². The summed E-state index contributed by atoms with van der Waals surface area (Å²) in [5.74, 6) is 0. The first-order valence-electron chi connectivity index (χ1n) is 5.37. The molecule has 17 heavy (non-hydrogen) atoms. The van der Waals surface area contributed by atoms with Crippen LogP contribution in [-0.4, -0.2) is 5.11 Å². The summed E-state index contributed by atoms with van der Waals surface area (Å²) >= 11 is 5.17. The third-order valence-corrected chi connectivity index (χ3v) is 5.93. The van der Waals surface area contributed by atoms with Crippen LogP contribution >= 0.6 is 34.0 Å². The highest BCUT2D eigenvalue weighted by molar-refractivity contribution is 7.27. The summed E-state index contributed by atoms with van der Waals surface area (Å²) in [6, 6.07) is 6.33. The van der Waals surface area contributed by atoms with Crippen molar-refractivity contribution in [2.24, 2.45) is 0 Å². The van der Waals surface area contributed by atoms with Gasteiger partial charge in [0.15, 0.2) is 0 Å². The van der Waals surface area contributed by atoms with Crippen molar-refractivity contribution in [3.8, 4) is 0 Å². The third kappa shape index (κ3) is 1.95. The van der Waals surface area contributed by atoms with Crippen molar-refractivity contribution in [3.63, 3.8) is 0 Å². The van der Waals surface area contributed by atoms with E-state index in [9.17, 15) is 5.11 Å². The molecule has 0 amide bonds. The molecule has 3 rings (SSSR count). The molecule has 3 aromatic heterocycles. The van der Waals surface area contributed by atoms with Crippen LogP contribution in [0.15, 0.2) is 23.6 Å². The first-order valence-corrected chi connectivity index (χ1v) is 7.88. The fraction of sp³-hybridized carbons (Fsp3) is 0.231. The molecule has 88 valence electrons. The maximum atomic E-state index is 10.4. The fourth-order valence-electron chi connectivity index (χ4n) is 1.99. The molecular weight excluding hydrogens is 268 g/mol. The van der Waals surface area contributed by atoms with E-state index in [4.69, 9.17) is 0 Å².